The Morgan fingerprint density at radius 1 is 1.05 bits per heavy atom. The van der Waals surface area contributed by atoms with Crippen LogP contribution in [0, 0.1) is 18.8 Å². The van der Waals surface area contributed by atoms with Gasteiger partial charge in [-0.3, -0.25) is 4.57 Å². The van der Waals surface area contributed by atoms with Crippen LogP contribution in [0.3, 0.4) is 0 Å². The lowest BCUT2D eigenvalue weighted by atomic mass is 9.76. The van der Waals surface area contributed by atoms with Crippen molar-refractivity contribution in [3.63, 3.8) is 0 Å². The predicted molar refractivity (Wildman–Crippen MR) is 143 cm³/mol. The minimum atomic E-state index is -3.32. The molecule has 0 bridgehead atoms. The lowest BCUT2D eigenvalue weighted by Crippen LogP contribution is -2.20. The Morgan fingerprint density at radius 3 is 2.46 bits per heavy atom. The summed E-state index contributed by atoms with van der Waals surface area (Å²) in [5.41, 5.74) is 4.46. The lowest BCUT2D eigenvalue weighted by molar-refractivity contribution is 0.192. The van der Waals surface area contributed by atoms with Gasteiger partial charge in [0.05, 0.1) is 26.0 Å². The quantitative estimate of drug-likeness (QED) is 0.244. The number of hydrogen-bond acceptors (Lipinski definition) is 5. The number of aliphatic hydroxyl groups is 1. The first-order valence-corrected chi connectivity index (χ1v) is 14.9. The zero-order valence-electron chi connectivity index (χ0n) is 21.6. The van der Waals surface area contributed by atoms with E-state index < -0.39 is 19.4 Å². The van der Waals surface area contributed by atoms with Crippen LogP contribution in [0.2, 0.25) is 0 Å². The molecule has 1 aliphatic carbocycles. The van der Waals surface area contributed by atoms with Crippen LogP contribution in [0.5, 0.6) is 11.5 Å². The van der Waals surface area contributed by atoms with Crippen molar-refractivity contribution in [2.24, 2.45) is 5.92 Å². The number of aromatic nitrogens is 1. The summed E-state index contributed by atoms with van der Waals surface area (Å²) in [5, 5.41) is 10.3. The van der Waals surface area contributed by atoms with Crippen molar-refractivity contribution in [2.75, 3.05) is 26.5 Å². The predicted octanol–water partition coefficient (Wildman–Crippen LogP) is 6.49. The molecule has 37 heavy (non-hydrogen) atoms. The number of hydrogen-bond donors (Lipinski definition) is 2. The minimum absolute atomic E-state index is 0.180. The number of pyridine rings is 1. The van der Waals surface area contributed by atoms with Gasteiger partial charge in [0, 0.05) is 17.9 Å². The van der Waals surface area contributed by atoms with Gasteiger partial charge in [0.25, 0.3) is 0 Å². The molecule has 8 heteroatoms. The SMILES string of the molecule is COc1ccc(-c2ccc(F)nc2C)c(C2CCC(COc3cccc([C@H](O)CP(C)(=O)O)c3)CC2)c1. The van der Waals surface area contributed by atoms with E-state index in [-0.39, 0.29) is 6.16 Å². The monoisotopic (exact) mass is 527 g/mol. The van der Waals surface area contributed by atoms with Gasteiger partial charge in [0.2, 0.25) is 13.3 Å². The Hall–Kier alpha value is -2.73. The average molecular weight is 528 g/mol. The molecule has 1 saturated carbocycles. The molecule has 2 aromatic carbocycles. The fraction of sp³-hybridized carbons (Fsp3) is 0.414. The maximum atomic E-state index is 13.6. The van der Waals surface area contributed by atoms with Crippen molar-refractivity contribution in [3.05, 3.63) is 77.4 Å². The topological polar surface area (TPSA) is 88.9 Å². The van der Waals surface area contributed by atoms with Gasteiger partial charge in [-0.1, -0.05) is 18.2 Å². The molecule has 1 unspecified atom stereocenters. The van der Waals surface area contributed by atoms with E-state index in [2.05, 4.69) is 11.1 Å². The number of rotatable bonds is 9. The zero-order valence-corrected chi connectivity index (χ0v) is 22.5. The van der Waals surface area contributed by atoms with Crippen molar-refractivity contribution in [2.45, 2.75) is 44.6 Å². The normalized spacial score (nSPS) is 20.2. The highest BCUT2D eigenvalue weighted by Gasteiger charge is 2.26. The third kappa shape index (κ3) is 7.19. The number of methoxy groups -OCH3 is 1. The van der Waals surface area contributed by atoms with Gasteiger partial charge in [-0.25, -0.2) is 4.98 Å². The molecule has 6 nitrogen and oxygen atoms in total. The summed E-state index contributed by atoms with van der Waals surface area (Å²) < 4.78 is 36.8. The molecule has 0 radical (unpaired) electrons. The standard InChI is InChI=1S/C29H35FNO5P/c1-19-25(13-14-29(30)31-19)26-12-11-23(35-2)16-27(26)21-9-7-20(8-10-21)17-36-24-6-4-5-22(15-24)28(32)18-37(3,33)34/h4-6,11-16,20-21,28,32H,7-10,17-18H2,1-3H3,(H,33,34)/t20?,21?,28-/m1/s1. The van der Waals surface area contributed by atoms with E-state index in [1.807, 2.05) is 25.1 Å². The Labute approximate surface area is 217 Å². The Kier molecular flexibility index (Phi) is 8.68. The Morgan fingerprint density at radius 2 is 1.78 bits per heavy atom. The van der Waals surface area contributed by atoms with Crippen LogP contribution in [0.15, 0.2) is 54.6 Å². The fourth-order valence-corrected chi connectivity index (χ4v) is 6.01. The van der Waals surface area contributed by atoms with Crippen molar-refractivity contribution in [1.82, 2.24) is 4.98 Å². The number of aliphatic hydroxyl groups excluding tert-OH is 1. The average Bonchev–Trinajstić information content (AvgIpc) is 2.87. The third-order valence-corrected chi connectivity index (χ3v) is 8.15. The zero-order chi connectivity index (χ0) is 26.6. The van der Waals surface area contributed by atoms with Gasteiger partial charge in [-0.05, 0) is 97.5 Å². The van der Waals surface area contributed by atoms with E-state index in [4.69, 9.17) is 9.47 Å². The molecule has 0 spiro atoms. The van der Waals surface area contributed by atoms with Crippen LogP contribution in [0.1, 0.15) is 54.5 Å². The molecule has 4 rings (SSSR count). The van der Waals surface area contributed by atoms with Gasteiger partial charge in [-0.2, -0.15) is 4.39 Å². The second kappa shape index (κ2) is 11.8. The molecular formula is C29H35FNO5P. The van der Waals surface area contributed by atoms with Crippen LogP contribution in [0.4, 0.5) is 4.39 Å². The van der Waals surface area contributed by atoms with Crippen molar-refractivity contribution >= 4 is 7.37 Å². The van der Waals surface area contributed by atoms with Crippen molar-refractivity contribution in [1.29, 1.82) is 0 Å². The van der Waals surface area contributed by atoms with Crippen molar-refractivity contribution in [3.8, 4) is 22.6 Å². The van der Waals surface area contributed by atoms with Crippen molar-refractivity contribution < 1.29 is 28.4 Å². The second-order valence-corrected chi connectivity index (χ2v) is 12.5. The van der Waals surface area contributed by atoms with E-state index in [1.165, 1.54) is 18.3 Å². The van der Waals surface area contributed by atoms with Gasteiger partial charge in [-0.15, -0.1) is 0 Å². The summed E-state index contributed by atoms with van der Waals surface area (Å²) in [5.74, 6) is 1.74. The first-order valence-electron chi connectivity index (χ1n) is 12.6. The van der Waals surface area contributed by atoms with Crippen LogP contribution < -0.4 is 9.47 Å². The molecule has 1 fully saturated rings. The summed E-state index contributed by atoms with van der Waals surface area (Å²) in [7, 11) is -1.66. The van der Waals surface area contributed by atoms with Gasteiger partial charge >= 0.3 is 0 Å². The molecule has 1 heterocycles. The summed E-state index contributed by atoms with van der Waals surface area (Å²) in [6, 6.07) is 16.4. The van der Waals surface area contributed by atoms with Crippen LogP contribution in [-0.2, 0) is 4.57 Å². The molecule has 198 valence electrons. The highest BCUT2D eigenvalue weighted by molar-refractivity contribution is 7.57. The number of aryl methyl sites for hydroxylation is 1. The van der Waals surface area contributed by atoms with Gasteiger partial charge in [0.15, 0.2) is 0 Å². The molecule has 0 saturated heterocycles. The number of halogens is 1. The number of ether oxygens (including phenoxy) is 2. The number of nitrogens with zero attached hydrogens (tertiary/aromatic N) is 1. The molecular weight excluding hydrogens is 492 g/mol. The first-order chi connectivity index (χ1) is 17.6. The maximum absolute atomic E-state index is 13.6. The molecule has 1 aliphatic rings. The van der Waals surface area contributed by atoms with Crippen LogP contribution in [0.25, 0.3) is 11.1 Å². The third-order valence-electron chi connectivity index (χ3n) is 7.13. The molecule has 2 atom stereocenters. The lowest BCUT2D eigenvalue weighted by Gasteiger charge is -2.30. The Bertz CT molecular complexity index is 1270. The van der Waals surface area contributed by atoms with Gasteiger partial charge in [0.1, 0.15) is 11.5 Å². The minimum Gasteiger partial charge on any atom is -0.497 e. The van der Waals surface area contributed by atoms with Crippen LogP contribution >= 0.6 is 7.37 Å². The number of benzene rings is 2. The first kappa shape index (κ1) is 27.3. The molecule has 3 aromatic rings. The highest BCUT2D eigenvalue weighted by atomic mass is 31.2. The molecule has 0 amide bonds. The molecule has 2 N–H and O–H groups in total. The van der Waals surface area contributed by atoms with E-state index in [9.17, 15) is 19.0 Å². The van der Waals surface area contributed by atoms with E-state index in [0.29, 0.717) is 35.4 Å². The largest absolute Gasteiger partial charge is 0.497 e. The smallest absolute Gasteiger partial charge is 0.213 e. The molecule has 1 aromatic heterocycles. The van der Waals surface area contributed by atoms with E-state index >= 15 is 0 Å². The van der Waals surface area contributed by atoms with Crippen LogP contribution in [-0.4, -0.2) is 41.5 Å². The van der Waals surface area contributed by atoms with E-state index in [1.54, 1.807) is 31.4 Å². The summed E-state index contributed by atoms with van der Waals surface area (Å²) in [6.45, 7) is 3.66. The maximum Gasteiger partial charge on any atom is 0.213 e. The van der Waals surface area contributed by atoms with E-state index in [0.717, 1.165) is 42.6 Å². The summed E-state index contributed by atoms with van der Waals surface area (Å²) in [4.78, 5) is 13.6. The Balaban J connectivity index is 1.41. The fourth-order valence-electron chi connectivity index (χ4n) is 5.16. The summed E-state index contributed by atoms with van der Waals surface area (Å²) >= 11 is 0. The summed E-state index contributed by atoms with van der Waals surface area (Å²) in [6.07, 6.45) is 2.84. The van der Waals surface area contributed by atoms with Gasteiger partial charge < -0.3 is 19.5 Å². The highest BCUT2D eigenvalue weighted by Crippen LogP contribution is 2.42. The second-order valence-electron chi connectivity index (χ2n) is 10.1. The molecule has 0 aliphatic heterocycles.